The molecule has 0 spiro atoms. The Morgan fingerprint density at radius 1 is 1.12 bits per heavy atom. The first kappa shape index (κ1) is 18.4. The third kappa shape index (κ3) is 5.03. The quantitative estimate of drug-likeness (QED) is 0.741. The lowest BCUT2D eigenvalue weighted by Gasteiger charge is -2.09. The average molecular weight is 364 g/mol. The lowest BCUT2D eigenvalue weighted by Crippen LogP contribution is -2.21. The zero-order chi connectivity index (χ0) is 18.4. The van der Waals surface area contributed by atoms with Crippen LogP contribution in [0.2, 0.25) is 0 Å². The number of carbonyl (C=O) groups is 2. The molecule has 0 fully saturated rings. The number of para-hydroxylation sites is 1. The number of esters is 1. The summed E-state index contributed by atoms with van der Waals surface area (Å²) in [6.07, 6.45) is 0. The van der Waals surface area contributed by atoms with Crippen molar-refractivity contribution in [1.82, 2.24) is 0 Å². The van der Waals surface area contributed by atoms with E-state index in [-0.39, 0.29) is 16.1 Å². The first-order chi connectivity index (χ1) is 11.8. The standard InChI is InChI=1S/C16H16N2O6S/c1-23-14-8-3-2-7-13(14)16(20)24-10-15(19)18-11-5-4-6-12(9-11)25(17,21)22/h2-9H,10H2,1H3,(H,18,19)(H2,17,21,22). The molecule has 25 heavy (non-hydrogen) atoms. The van der Waals surface area contributed by atoms with E-state index >= 15 is 0 Å². The van der Waals surface area contributed by atoms with Crippen LogP contribution in [0.4, 0.5) is 5.69 Å². The highest BCUT2D eigenvalue weighted by atomic mass is 32.2. The highest BCUT2D eigenvalue weighted by Crippen LogP contribution is 2.18. The van der Waals surface area contributed by atoms with Crippen molar-refractivity contribution >= 4 is 27.6 Å². The molecule has 3 N–H and O–H groups in total. The van der Waals surface area contributed by atoms with E-state index in [9.17, 15) is 18.0 Å². The summed E-state index contributed by atoms with van der Waals surface area (Å²) in [4.78, 5) is 23.7. The molecule has 0 heterocycles. The monoisotopic (exact) mass is 364 g/mol. The van der Waals surface area contributed by atoms with Gasteiger partial charge in [-0.2, -0.15) is 0 Å². The third-order valence-electron chi connectivity index (χ3n) is 3.11. The molecule has 0 radical (unpaired) electrons. The summed E-state index contributed by atoms with van der Waals surface area (Å²) < 4.78 is 32.5. The van der Waals surface area contributed by atoms with Gasteiger partial charge in [-0.3, -0.25) is 4.79 Å². The summed E-state index contributed by atoms with van der Waals surface area (Å²) in [5.41, 5.74) is 0.402. The number of amides is 1. The number of nitrogens with one attached hydrogen (secondary N) is 1. The highest BCUT2D eigenvalue weighted by molar-refractivity contribution is 7.89. The Morgan fingerprint density at radius 2 is 1.84 bits per heavy atom. The Balaban J connectivity index is 1.98. The van der Waals surface area contributed by atoms with Crippen LogP contribution < -0.4 is 15.2 Å². The summed E-state index contributed by atoms with van der Waals surface area (Å²) in [6, 6.07) is 11.8. The van der Waals surface area contributed by atoms with Crippen LogP contribution in [0.1, 0.15) is 10.4 Å². The largest absolute Gasteiger partial charge is 0.496 e. The molecule has 1 amide bonds. The number of benzene rings is 2. The molecule has 2 aromatic rings. The van der Waals surface area contributed by atoms with Gasteiger partial charge in [0.15, 0.2) is 6.61 Å². The molecule has 0 aliphatic rings. The number of ether oxygens (including phenoxy) is 2. The second-order valence-corrected chi connectivity index (χ2v) is 6.46. The smallest absolute Gasteiger partial charge is 0.342 e. The van der Waals surface area contributed by atoms with Crippen LogP contribution in [-0.4, -0.2) is 34.0 Å². The molecule has 0 aromatic heterocycles. The minimum atomic E-state index is -3.88. The van der Waals surface area contributed by atoms with Gasteiger partial charge in [0.25, 0.3) is 5.91 Å². The van der Waals surface area contributed by atoms with Crippen molar-refractivity contribution < 1.29 is 27.5 Å². The summed E-state index contributed by atoms with van der Waals surface area (Å²) in [6.45, 7) is -0.545. The van der Waals surface area contributed by atoms with Gasteiger partial charge in [0.2, 0.25) is 10.0 Å². The summed E-state index contributed by atoms with van der Waals surface area (Å²) >= 11 is 0. The fourth-order valence-corrected chi connectivity index (χ4v) is 2.53. The molecule has 0 aliphatic heterocycles. The highest BCUT2D eigenvalue weighted by Gasteiger charge is 2.15. The van der Waals surface area contributed by atoms with Gasteiger partial charge in [-0.25, -0.2) is 18.4 Å². The maximum atomic E-state index is 12.0. The first-order valence-corrected chi connectivity index (χ1v) is 8.59. The molecule has 0 bridgehead atoms. The van der Waals surface area contributed by atoms with E-state index in [1.807, 2.05) is 0 Å². The second-order valence-electron chi connectivity index (χ2n) is 4.90. The van der Waals surface area contributed by atoms with Gasteiger partial charge >= 0.3 is 5.97 Å². The molecule has 0 atom stereocenters. The minimum Gasteiger partial charge on any atom is -0.496 e. The van der Waals surface area contributed by atoms with Crippen molar-refractivity contribution in [3.63, 3.8) is 0 Å². The maximum Gasteiger partial charge on any atom is 0.342 e. The van der Waals surface area contributed by atoms with E-state index in [4.69, 9.17) is 14.6 Å². The molecule has 0 aliphatic carbocycles. The Bertz CT molecular complexity index is 895. The van der Waals surface area contributed by atoms with Crippen LogP contribution in [0.5, 0.6) is 5.75 Å². The lowest BCUT2D eigenvalue weighted by molar-refractivity contribution is -0.119. The number of methoxy groups -OCH3 is 1. The number of nitrogens with two attached hydrogens (primary N) is 1. The predicted octanol–water partition coefficient (Wildman–Crippen LogP) is 1.14. The van der Waals surface area contributed by atoms with E-state index in [1.54, 1.807) is 18.2 Å². The van der Waals surface area contributed by atoms with Crippen molar-refractivity contribution in [3.8, 4) is 5.75 Å². The zero-order valence-electron chi connectivity index (χ0n) is 13.3. The topological polar surface area (TPSA) is 125 Å². The lowest BCUT2D eigenvalue weighted by atomic mass is 10.2. The van der Waals surface area contributed by atoms with Crippen molar-refractivity contribution in [2.45, 2.75) is 4.90 Å². The van der Waals surface area contributed by atoms with Crippen LogP contribution in [-0.2, 0) is 19.6 Å². The second kappa shape index (κ2) is 7.77. The summed E-state index contributed by atoms with van der Waals surface area (Å²) in [7, 11) is -2.47. The van der Waals surface area contributed by atoms with Gasteiger partial charge in [0, 0.05) is 5.69 Å². The molecule has 2 aromatic carbocycles. The number of primary sulfonamides is 1. The van der Waals surface area contributed by atoms with Gasteiger partial charge in [-0.1, -0.05) is 18.2 Å². The van der Waals surface area contributed by atoms with Gasteiger partial charge in [-0.05, 0) is 30.3 Å². The van der Waals surface area contributed by atoms with Crippen LogP contribution in [0, 0.1) is 0 Å². The molecule has 0 saturated heterocycles. The maximum absolute atomic E-state index is 12.0. The normalized spacial score (nSPS) is 10.8. The Kier molecular flexibility index (Phi) is 5.73. The Hall–Kier alpha value is -2.91. The van der Waals surface area contributed by atoms with Crippen molar-refractivity contribution in [2.75, 3.05) is 19.0 Å². The number of carbonyl (C=O) groups excluding carboxylic acids is 2. The molecule has 132 valence electrons. The molecular formula is C16H16N2O6S. The third-order valence-corrected chi connectivity index (χ3v) is 4.02. The van der Waals surface area contributed by atoms with Gasteiger partial charge in [0.1, 0.15) is 11.3 Å². The van der Waals surface area contributed by atoms with Gasteiger partial charge < -0.3 is 14.8 Å². The molecule has 2 rings (SSSR count). The Labute approximate surface area is 144 Å². The van der Waals surface area contributed by atoms with Crippen LogP contribution >= 0.6 is 0 Å². The van der Waals surface area contributed by atoms with E-state index in [0.717, 1.165) is 0 Å². The predicted molar refractivity (Wildman–Crippen MR) is 89.7 cm³/mol. The SMILES string of the molecule is COc1ccccc1C(=O)OCC(=O)Nc1cccc(S(N)(=O)=O)c1. The van der Waals surface area contributed by atoms with Crippen LogP contribution in [0.3, 0.4) is 0 Å². The van der Waals surface area contributed by atoms with Crippen molar-refractivity contribution in [1.29, 1.82) is 0 Å². The zero-order valence-corrected chi connectivity index (χ0v) is 14.1. The number of anilines is 1. The van der Waals surface area contributed by atoms with Gasteiger partial charge in [-0.15, -0.1) is 0 Å². The Morgan fingerprint density at radius 3 is 2.52 bits per heavy atom. The van der Waals surface area contributed by atoms with E-state index in [1.165, 1.54) is 37.4 Å². The first-order valence-electron chi connectivity index (χ1n) is 7.04. The number of hydrogen-bond acceptors (Lipinski definition) is 6. The molecule has 8 nitrogen and oxygen atoms in total. The average Bonchev–Trinajstić information content (AvgIpc) is 2.59. The summed E-state index contributed by atoms with van der Waals surface area (Å²) in [5.74, 6) is -1.02. The fraction of sp³-hybridized carbons (Fsp3) is 0.125. The van der Waals surface area contributed by atoms with Gasteiger partial charge in [0.05, 0.1) is 12.0 Å². The van der Waals surface area contributed by atoms with E-state index < -0.39 is 28.5 Å². The molecule has 0 unspecified atom stereocenters. The molecular weight excluding hydrogens is 348 g/mol. The van der Waals surface area contributed by atoms with Crippen molar-refractivity contribution in [2.24, 2.45) is 5.14 Å². The number of hydrogen-bond donors (Lipinski definition) is 2. The minimum absolute atomic E-state index is 0.142. The summed E-state index contributed by atoms with van der Waals surface area (Å²) in [5, 5.41) is 7.45. The van der Waals surface area contributed by atoms with Crippen molar-refractivity contribution in [3.05, 3.63) is 54.1 Å². The molecule has 0 saturated carbocycles. The van der Waals surface area contributed by atoms with Crippen LogP contribution in [0.25, 0.3) is 0 Å². The number of rotatable bonds is 6. The van der Waals surface area contributed by atoms with E-state index in [2.05, 4.69) is 5.32 Å². The molecule has 9 heteroatoms. The fourth-order valence-electron chi connectivity index (χ4n) is 1.97. The van der Waals surface area contributed by atoms with Crippen LogP contribution in [0.15, 0.2) is 53.4 Å². The van der Waals surface area contributed by atoms with E-state index in [0.29, 0.717) is 5.75 Å². The number of sulfonamides is 1.